The van der Waals surface area contributed by atoms with Gasteiger partial charge < -0.3 is 10.2 Å². The van der Waals surface area contributed by atoms with Crippen LogP contribution in [-0.2, 0) is 35.3 Å². The van der Waals surface area contributed by atoms with Crippen molar-refractivity contribution in [1.29, 1.82) is 0 Å². The van der Waals surface area contributed by atoms with Crippen molar-refractivity contribution in [1.82, 2.24) is 10.2 Å². The molecule has 3 amide bonds. The third-order valence-electron chi connectivity index (χ3n) is 10.3. The molecule has 5 rings (SSSR count). The Morgan fingerprint density at radius 3 is 2.27 bits per heavy atom. The minimum atomic E-state index is -4.36. The number of anilines is 1. The summed E-state index contributed by atoms with van der Waals surface area (Å²) in [6.45, 7) is 11.7. The van der Waals surface area contributed by atoms with E-state index in [-0.39, 0.29) is 36.2 Å². The fourth-order valence-electron chi connectivity index (χ4n) is 7.56. The predicted octanol–water partition coefficient (Wildman–Crippen LogP) is 6.47. The van der Waals surface area contributed by atoms with Gasteiger partial charge in [0.15, 0.2) is 11.1 Å². The van der Waals surface area contributed by atoms with Gasteiger partial charge in [-0.05, 0) is 50.8 Å². The van der Waals surface area contributed by atoms with Gasteiger partial charge in [0.25, 0.3) is 21.9 Å². The van der Waals surface area contributed by atoms with Crippen LogP contribution in [0.5, 0.6) is 0 Å². The molecule has 52 heavy (non-hydrogen) atoms. The van der Waals surface area contributed by atoms with Crippen LogP contribution in [0.15, 0.2) is 96.8 Å². The lowest BCUT2D eigenvalue weighted by Gasteiger charge is -2.32. The maximum absolute atomic E-state index is 12.6. The Bertz CT molecular complexity index is 1950. The van der Waals surface area contributed by atoms with Gasteiger partial charge in [0, 0.05) is 72.6 Å². The van der Waals surface area contributed by atoms with Gasteiger partial charge >= 0.3 is 0 Å². The molecule has 0 radical (unpaired) electrons. The van der Waals surface area contributed by atoms with Crippen LogP contribution in [0.25, 0.3) is 0 Å². The smallest absolute Gasteiger partial charge is 0.286 e. The van der Waals surface area contributed by atoms with E-state index in [1.165, 1.54) is 23.4 Å². The summed E-state index contributed by atoms with van der Waals surface area (Å²) >= 11 is 0. The highest BCUT2D eigenvalue weighted by Crippen LogP contribution is 2.49. The molecule has 0 fully saturated rings. The molecule has 276 valence electrons. The van der Waals surface area contributed by atoms with Gasteiger partial charge in [0.2, 0.25) is 11.6 Å². The van der Waals surface area contributed by atoms with Crippen LogP contribution in [0.1, 0.15) is 84.3 Å². The number of rotatable bonds is 16. The summed E-state index contributed by atoms with van der Waals surface area (Å²) < 4.78 is 37.9. The first-order chi connectivity index (χ1) is 24.7. The van der Waals surface area contributed by atoms with E-state index in [0.29, 0.717) is 19.3 Å². The molecule has 0 aromatic heterocycles. The third kappa shape index (κ3) is 8.05. The van der Waals surface area contributed by atoms with E-state index in [0.717, 1.165) is 53.4 Å². The average molecular weight is 728 g/mol. The number of fused-ring (bicyclic) bond motifs is 2. The van der Waals surface area contributed by atoms with Gasteiger partial charge in [0.05, 0.1) is 5.41 Å². The lowest BCUT2D eigenvalue weighted by molar-refractivity contribution is -0.438. The van der Waals surface area contributed by atoms with Crippen LogP contribution in [0.3, 0.4) is 0 Å². The van der Waals surface area contributed by atoms with E-state index in [4.69, 9.17) is 0 Å². The SMILES string of the molecule is CCCC(N1/C(=C/C=C/C=C/C2=[N+](CCCCCC(=O)NCCN3C(=O)C=CC3=O)c3ccccc3C2(C)C)C(C)(C)c2ccccc21)S(=O)(=O)O. The van der Waals surface area contributed by atoms with Crippen molar-refractivity contribution in [3.05, 3.63) is 108 Å². The highest BCUT2D eigenvalue weighted by atomic mass is 32.2. The molecule has 0 aliphatic carbocycles. The van der Waals surface area contributed by atoms with Crippen LogP contribution < -0.4 is 10.2 Å². The first-order valence-electron chi connectivity index (χ1n) is 18.1. The molecule has 0 bridgehead atoms. The number of nitrogens with one attached hydrogen (secondary N) is 1. The topological polar surface area (TPSA) is 127 Å². The molecule has 1 atom stereocenters. The van der Waals surface area contributed by atoms with Crippen molar-refractivity contribution in [2.24, 2.45) is 0 Å². The summed E-state index contributed by atoms with van der Waals surface area (Å²) in [5.41, 5.74) is 5.48. The number of allylic oxidation sites excluding steroid dienone is 6. The normalized spacial score (nSPS) is 19.1. The lowest BCUT2D eigenvalue weighted by Crippen LogP contribution is -2.40. The number of para-hydroxylation sites is 2. The van der Waals surface area contributed by atoms with Crippen molar-refractivity contribution in [2.45, 2.75) is 89.3 Å². The molecular formula is C41H51N4O6S+. The number of amides is 3. The highest BCUT2D eigenvalue weighted by Gasteiger charge is 2.46. The number of hydrogen-bond donors (Lipinski definition) is 2. The van der Waals surface area contributed by atoms with E-state index in [1.807, 2.05) is 55.5 Å². The molecular weight excluding hydrogens is 677 g/mol. The second kappa shape index (κ2) is 16.0. The Hall–Kier alpha value is -4.61. The Labute approximate surface area is 308 Å². The maximum Gasteiger partial charge on any atom is 0.286 e. The molecule has 1 unspecified atom stereocenters. The Kier molecular flexibility index (Phi) is 11.9. The summed E-state index contributed by atoms with van der Waals surface area (Å²) in [6.07, 6.45) is 16.2. The molecule has 3 aliphatic heterocycles. The fraction of sp³-hybridized carbons (Fsp3) is 0.415. The number of nitrogens with zero attached hydrogens (tertiary/aromatic N) is 3. The molecule has 0 spiro atoms. The van der Waals surface area contributed by atoms with Gasteiger partial charge in [-0.15, -0.1) is 0 Å². The average Bonchev–Trinajstić information content (AvgIpc) is 3.62. The second-order valence-electron chi connectivity index (χ2n) is 14.6. The van der Waals surface area contributed by atoms with Crippen LogP contribution in [0, 0.1) is 0 Å². The molecule has 0 saturated heterocycles. The van der Waals surface area contributed by atoms with Crippen LogP contribution >= 0.6 is 0 Å². The minimum Gasteiger partial charge on any atom is -0.354 e. The molecule has 2 aromatic carbocycles. The largest absolute Gasteiger partial charge is 0.354 e. The number of carbonyl (C=O) groups is 3. The predicted molar refractivity (Wildman–Crippen MR) is 205 cm³/mol. The zero-order chi connectivity index (χ0) is 37.7. The third-order valence-corrected chi connectivity index (χ3v) is 11.4. The summed E-state index contributed by atoms with van der Waals surface area (Å²) in [5.74, 6) is -0.797. The van der Waals surface area contributed by atoms with Gasteiger partial charge in [-0.3, -0.25) is 23.8 Å². The van der Waals surface area contributed by atoms with Crippen molar-refractivity contribution >= 4 is 44.9 Å². The van der Waals surface area contributed by atoms with Gasteiger partial charge in [-0.25, -0.2) is 0 Å². The second-order valence-corrected chi connectivity index (χ2v) is 16.1. The van der Waals surface area contributed by atoms with Crippen molar-refractivity contribution in [3.63, 3.8) is 0 Å². The highest BCUT2D eigenvalue weighted by molar-refractivity contribution is 7.86. The molecule has 2 aromatic rings. The number of imide groups is 1. The number of carbonyl (C=O) groups excluding carboxylic acids is 3. The van der Waals surface area contributed by atoms with Gasteiger partial charge in [-0.1, -0.05) is 81.8 Å². The Balaban J connectivity index is 1.27. The van der Waals surface area contributed by atoms with Crippen LogP contribution in [0.4, 0.5) is 11.4 Å². The molecule has 11 heteroatoms. The molecule has 3 aliphatic rings. The van der Waals surface area contributed by atoms with E-state index >= 15 is 0 Å². The summed E-state index contributed by atoms with van der Waals surface area (Å²) in [6, 6.07) is 16.2. The van der Waals surface area contributed by atoms with E-state index in [2.05, 4.69) is 67.9 Å². The van der Waals surface area contributed by atoms with Crippen LogP contribution in [-0.4, -0.2) is 70.9 Å². The zero-order valence-electron chi connectivity index (χ0n) is 30.8. The summed E-state index contributed by atoms with van der Waals surface area (Å²) in [7, 11) is -4.36. The summed E-state index contributed by atoms with van der Waals surface area (Å²) in [5, 5.41) is 1.73. The van der Waals surface area contributed by atoms with Gasteiger partial charge in [-0.2, -0.15) is 13.0 Å². The number of benzene rings is 2. The van der Waals surface area contributed by atoms with E-state index in [9.17, 15) is 27.4 Å². The number of unbranched alkanes of at least 4 members (excludes halogenated alkanes) is 2. The lowest BCUT2D eigenvalue weighted by atomic mass is 9.81. The Morgan fingerprint density at radius 2 is 1.58 bits per heavy atom. The van der Waals surface area contributed by atoms with E-state index < -0.39 is 20.9 Å². The first kappa shape index (κ1) is 38.6. The van der Waals surface area contributed by atoms with Gasteiger partial charge in [0.1, 0.15) is 6.54 Å². The van der Waals surface area contributed by atoms with Crippen molar-refractivity contribution < 1.29 is 31.9 Å². The molecule has 10 nitrogen and oxygen atoms in total. The fourth-order valence-corrected chi connectivity index (χ4v) is 8.58. The van der Waals surface area contributed by atoms with Crippen molar-refractivity contribution in [2.75, 3.05) is 24.5 Å². The minimum absolute atomic E-state index is 0.0940. The van der Waals surface area contributed by atoms with E-state index in [1.54, 1.807) is 4.90 Å². The number of hydrogen-bond acceptors (Lipinski definition) is 6. The quantitative estimate of drug-likeness (QED) is 0.0667. The zero-order valence-corrected chi connectivity index (χ0v) is 31.7. The van der Waals surface area contributed by atoms with Crippen LogP contribution in [0.2, 0.25) is 0 Å². The first-order valence-corrected chi connectivity index (χ1v) is 19.6. The maximum atomic E-state index is 12.6. The standard InChI is InChI=1S/C41H50N4O6S/c1-6-17-39(52(49,50)51)45-33-21-15-13-19-31(33)41(4,5)35(45)23-10-7-9-22-34-40(2,3)30-18-12-14-20-32(30)43(34)28-16-8-11-24-36(46)42-27-29-44-37(47)25-26-38(44)48/h7,9-10,12-15,18-23,25-26,39H,6,8,11,16-17,24,27-29H2,1-5H3,(H-,42,46,49,50,51)/p+1. The summed E-state index contributed by atoms with van der Waals surface area (Å²) in [4.78, 5) is 38.7. The van der Waals surface area contributed by atoms with Crippen molar-refractivity contribution in [3.8, 4) is 0 Å². The Morgan fingerprint density at radius 1 is 0.904 bits per heavy atom. The molecule has 3 heterocycles. The monoisotopic (exact) mass is 727 g/mol. The molecule has 2 N–H and O–H groups in total. The molecule has 0 saturated carbocycles.